The molecule has 0 radical (unpaired) electrons. The van der Waals surface area contributed by atoms with E-state index >= 15 is 0 Å². The van der Waals surface area contributed by atoms with Crippen molar-refractivity contribution in [2.24, 2.45) is 11.3 Å². The predicted molar refractivity (Wildman–Crippen MR) is 63.4 cm³/mol. The van der Waals surface area contributed by atoms with E-state index in [4.69, 9.17) is 5.26 Å². The summed E-state index contributed by atoms with van der Waals surface area (Å²) in [4.78, 5) is 0. The lowest BCUT2D eigenvalue weighted by Gasteiger charge is -2.36. The fourth-order valence-electron chi connectivity index (χ4n) is 2.06. The van der Waals surface area contributed by atoms with Crippen molar-refractivity contribution in [3.05, 3.63) is 0 Å². The fourth-order valence-corrected chi connectivity index (χ4v) is 2.06. The molecular formula is C13H24N2. The third-order valence-corrected chi connectivity index (χ3v) is 3.69. The molecule has 1 aliphatic carbocycles. The van der Waals surface area contributed by atoms with E-state index in [1.165, 1.54) is 19.3 Å². The first-order valence-corrected chi connectivity index (χ1v) is 6.11. The number of nitrogens with zero attached hydrogens (tertiary/aromatic N) is 1. The van der Waals surface area contributed by atoms with Gasteiger partial charge >= 0.3 is 0 Å². The zero-order valence-electron chi connectivity index (χ0n) is 10.5. The van der Waals surface area contributed by atoms with Crippen LogP contribution in [0.4, 0.5) is 0 Å². The second-order valence-electron chi connectivity index (χ2n) is 5.88. The smallest absolute Gasteiger partial charge is 0.0672 e. The summed E-state index contributed by atoms with van der Waals surface area (Å²) in [6.45, 7) is 8.96. The second kappa shape index (κ2) is 4.99. The monoisotopic (exact) mass is 208 g/mol. The molecule has 1 fully saturated rings. The van der Waals surface area contributed by atoms with Crippen molar-refractivity contribution in [1.29, 1.82) is 5.26 Å². The van der Waals surface area contributed by atoms with Crippen molar-refractivity contribution in [1.82, 2.24) is 5.32 Å². The van der Waals surface area contributed by atoms with Crippen LogP contribution in [-0.4, -0.2) is 12.1 Å². The molecule has 0 amide bonds. The van der Waals surface area contributed by atoms with Crippen molar-refractivity contribution >= 4 is 0 Å². The fraction of sp³-hybridized carbons (Fsp3) is 0.923. The molecule has 0 heterocycles. The molecule has 0 saturated heterocycles. The normalized spacial score (nSPS) is 29.5. The minimum absolute atomic E-state index is 0.226. The molecule has 1 rings (SSSR count). The van der Waals surface area contributed by atoms with Crippen molar-refractivity contribution in [2.45, 2.75) is 65.5 Å². The average molecular weight is 208 g/mol. The van der Waals surface area contributed by atoms with Crippen LogP contribution < -0.4 is 5.32 Å². The Morgan fingerprint density at radius 2 is 1.87 bits per heavy atom. The van der Waals surface area contributed by atoms with Crippen molar-refractivity contribution in [2.75, 3.05) is 0 Å². The molecule has 0 spiro atoms. The van der Waals surface area contributed by atoms with Gasteiger partial charge in [0.05, 0.1) is 12.0 Å². The maximum atomic E-state index is 9.09. The van der Waals surface area contributed by atoms with Gasteiger partial charge in [-0.2, -0.15) is 5.26 Å². The summed E-state index contributed by atoms with van der Waals surface area (Å²) in [5.74, 6) is 0.226. The molecule has 0 bridgehead atoms. The summed E-state index contributed by atoms with van der Waals surface area (Å²) in [7, 11) is 0. The van der Waals surface area contributed by atoms with Crippen LogP contribution in [0.3, 0.4) is 0 Å². The van der Waals surface area contributed by atoms with E-state index in [-0.39, 0.29) is 11.3 Å². The van der Waals surface area contributed by atoms with Gasteiger partial charge in [-0.05, 0) is 25.2 Å². The van der Waals surface area contributed by atoms with E-state index in [0.717, 1.165) is 6.42 Å². The molecule has 3 unspecified atom stereocenters. The minimum Gasteiger partial charge on any atom is -0.310 e. The highest BCUT2D eigenvalue weighted by molar-refractivity contribution is 4.96. The van der Waals surface area contributed by atoms with E-state index < -0.39 is 0 Å². The van der Waals surface area contributed by atoms with Crippen LogP contribution in [-0.2, 0) is 0 Å². The van der Waals surface area contributed by atoms with Crippen molar-refractivity contribution < 1.29 is 0 Å². The van der Waals surface area contributed by atoms with Crippen LogP contribution in [0.5, 0.6) is 0 Å². The molecule has 0 aromatic heterocycles. The Hall–Kier alpha value is -0.550. The summed E-state index contributed by atoms with van der Waals surface area (Å²) in [5, 5.41) is 12.7. The summed E-state index contributed by atoms with van der Waals surface area (Å²) in [5.41, 5.74) is 0.275. The largest absolute Gasteiger partial charge is 0.310 e. The van der Waals surface area contributed by atoms with Crippen LogP contribution in [0.25, 0.3) is 0 Å². The molecule has 0 aromatic carbocycles. The molecule has 1 N–H and O–H groups in total. The lowest BCUT2D eigenvalue weighted by Crippen LogP contribution is -2.47. The topological polar surface area (TPSA) is 35.8 Å². The van der Waals surface area contributed by atoms with Crippen LogP contribution >= 0.6 is 0 Å². The highest BCUT2D eigenvalue weighted by Crippen LogP contribution is 2.27. The van der Waals surface area contributed by atoms with Gasteiger partial charge in [-0.15, -0.1) is 0 Å². The molecule has 86 valence electrons. The Morgan fingerprint density at radius 1 is 1.27 bits per heavy atom. The lowest BCUT2D eigenvalue weighted by molar-refractivity contribution is 0.216. The maximum Gasteiger partial charge on any atom is 0.0672 e. The zero-order valence-corrected chi connectivity index (χ0v) is 10.5. The Balaban J connectivity index is 2.52. The standard InChI is InChI=1S/C13H24N2/c1-10(13(2,3)4)15-12-8-6-5-7-11(12)9-14/h10-12,15H,5-8H2,1-4H3. The number of nitrogens with one attached hydrogen (secondary N) is 1. The Bertz CT molecular complexity index is 234. The molecule has 3 atom stereocenters. The number of nitriles is 1. The van der Waals surface area contributed by atoms with Gasteiger partial charge in [0.1, 0.15) is 0 Å². The second-order valence-corrected chi connectivity index (χ2v) is 5.88. The SMILES string of the molecule is CC(NC1CCCCC1C#N)C(C)(C)C. The Kier molecular flexibility index (Phi) is 4.16. The molecule has 1 aliphatic rings. The van der Waals surface area contributed by atoms with Gasteiger partial charge in [0, 0.05) is 12.1 Å². The van der Waals surface area contributed by atoms with Gasteiger partial charge in [0.25, 0.3) is 0 Å². The van der Waals surface area contributed by atoms with Gasteiger partial charge in [-0.25, -0.2) is 0 Å². The number of hydrogen-bond acceptors (Lipinski definition) is 2. The summed E-state index contributed by atoms with van der Waals surface area (Å²) in [6.07, 6.45) is 4.73. The van der Waals surface area contributed by atoms with Gasteiger partial charge in [0.15, 0.2) is 0 Å². The van der Waals surface area contributed by atoms with E-state index in [1.807, 2.05) is 0 Å². The predicted octanol–water partition coefficient (Wildman–Crippen LogP) is 3.09. The van der Waals surface area contributed by atoms with E-state index in [2.05, 4.69) is 39.1 Å². The quantitative estimate of drug-likeness (QED) is 0.757. The average Bonchev–Trinajstić information content (AvgIpc) is 2.17. The molecule has 2 heteroatoms. The van der Waals surface area contributed by atoms with E-state index in [1.54, 1.807) is 0 Å². The van der Waals surface area contributed by atoms with Gasteiger partial charge in [-0.3, -0.25) is 0 Å². The Morgan fingerprint density at radius 3 is 2.40 bits per heavy atom. The first kappa shape index (κ1) is 12.5. The van der Waals surface area contributed by atoms with Gasteiger partial charge in [-0.1, -0.05) is 33.6 Å². The highest BCUT2D eigenvalue weighted by atomic mass is 15.0. The summed E-state index contributed by atoms with van der Waals surface area (Å²) >= 11 is 0. The van der Waals surface area contributed by atoms with E-state index in [9.17, 15) is 0 Å². The van der Waals surface area contributed by atoms with Crippen molar-refractivity contribution in [3.63, 3.8) is 0 Å². The number of hydrogen-bond donors (Lipinski definition) is 1. The number of rotatable bonds is 2. The van der Waals surface area contributed by atoms with Crippen LogP contribution in [0, 0.1) is 22.7 Å². The molecule has 0 aromatic rings. The van der Waals surface area contributed by atoms with Crippen LogP contribution in [0.15, 0.2) is 0 Å². The van der Waals surface area contributed by atoms with Crippen molar-refractivity contribution in [3.8, 4) is 6.07 Å². The maximum absolute atomic E-state index is 9.09. The van der Waals surface area contributed by atoms with E-state index in [0.29, 0.717) is 12.1 Å². The molecular weight excluding hydrogens is 184 g/mol. The van der Waals surface area contributed by atoms with Gasteiger partial charge in [0.2, 0.25) is 0 Å². The highest BCUT2D eigenvalue weighted by Gasteiger charge is 2.29. The summed E-state index contributed by atoms with van der Waals surface area (Å²) < 4.78 is 0. The van der Waals surface area contributed by atoms with Crippen LogP contribution in [0.2, 0.25) is 0 Å². The zero-order chi connectivity index (χ0) is 11.5. The molecule has 0 aliphatic heterocycles. The summed E-state index contributed by atoms with van der Waals surface area (Å²) in [6, 6.07) is 3.33. The Labute approximate surface area is 94.1 Å². The molecule has 15 heavy (non-hydrogen) atoms. The molecule has 2 nitrogen and oxygen atoms in total. The van der Waals surface area contributed by atoms with Gasteiger partial charge < -0.3 is 5.32 Å². The lowest BCUT2D eigenvalue weighted by atomic mass is 9.82. The third kappa shape index (κ3) is 3.50. The first-order chi connectivity index (χ1) is 6.95. The third-order valence-electron chi connectivity index (χ3n) is 3.69. The first-order valence-electron chi connectivity index (χ1n) is 6.11. The van der Waals surface area contributed by atoms with Crippen LogP contribution in [0.1, 0.15) is 53.4 Å². The minimum atomic E-state index is 0.226. The molecule has 1 saturated carbocycles.